The predicted molar refractivity (Wildman–Crippen MR) is 96.4 cm³/mol. The molecule has 0 bridgehead atoms. The van der Waals surface area contributed by atoms with Crippen LogP contribution < -0.4 is 0 Å². The average molecular weight is 355 g/mol. The van der Waals surface area contributed by atoms with Crippen LogP contribution in [0.4, 0.5) is 0 Å². The van der Waals surface area contributed by atoms with Crippen molar-refractivity contribution in [3.63, 3.8) is 0 Å². The summed E-state index contributed by atoms with van der Waals surface area (Å²) >= 11 is 0. The lowest BCUT2D eigenvalue weighted by Gasteiger charge is -2.26. The van der Waals surface area contributed by atoms with Crippen LogP contribution in [0.3, 0.4) is 0 Å². The Balaban J connectivity index is 1.32. The third-order valence-corrected chi connectivity index (χ3v) is 5.74. The van der Waals surface area contributed by atoms with Crippen molar-refractivity contribution >= 4 is 0 Å². The highest BCUT2D eigenvalue weighted by atomic mass is 16.3. The molecule has 26 heavy (non-hydrogen) atoms. The maximum absolute atomic E-state index is 11.0. The van der Waals surface area contributed by atoms with Crippen LogP contribution in [0.1, 0.15) is 30.2 Å². The second-order valence-corrected chi connectivity index (χ2v) is 7.85. The van der Waals surface area contributed by atoms with E-state index in [1.165, 1.54) is 18.0 Å². The molecule has 6 heteroatoms. The molecule has 1 saturated carbocycles. The van der Waals surface area contributed by atoms with Gasteiger partial charge in [0.05, 0.1) is 23.7 Å². The first kappa shape index (κ1) is 17.4. The van der Waals surface area contributed by atoms with Gasteiger partial charge in [-0.15, -0.1) is 0 Å². The Labute approximate surface area is 153 Å². The van der Waals surface area contributed by atoms with Crippen molar-refractivity contribution in [2.24, 2.45) is 11.8 Å². The third kappa shape index (κ3) is 3.72. The Morgan fingerprint density at radius 3 is 2.38 bits per heavy atom. The average Bonchev–Trinajstić information content (AvgIpc) is 3.10. The number of hydrogen-bond donors (Lipinski definition) is 3. The molecule has 2 heterocycles. The van der Waals surface area contributed by atoms with Gasteiger partial charge in [0.15, 0.2) is 0 Å². The summed E-state index contributed by atoms with van der Waals surface area (Å²) in [6, 6.07) is 10.2. The van der Waals surface area contributed by atoms with E-state index in [0.29, 0.717) is 30.5 Å². The molecule has 1 aromatic heterocycles. The first-order chi connectivity index (χ1) is 12.5. The predicted octanol–water partition coefficient (Wildman–Crippen LogP) is 1.53. The zero-order valence-electron chi connectivity index (χ0n) is 14.7. The van der Waals surface area contributed by atoms with Crippen LogP contribution in [-0.4, -0.2) is 55.4 Å². The zero-order valence-corrected chi connectivity index (χ0v) is 14.7. The number of aliphatic hydroxyl groups is 2. The van der Waals surface area contributed by atoms with Gasteiger partial charge in [0, 0.05) is 26.1 Å². The molecule has 1 aliphatic heterocycles. The second-order valence-electron chi connectivity index (χ2n) is 7.85. The van der Waals surface area contributed by atoms with Crippen LogP contribution >= 0.6 is 0 Å². The first-order valence-corrected chi connectivity index (χ1v) is 9.18. The quantitative estimate of drug-likeness (QED) is 0.754. The SMILES string of the molecule is Oc1cnc(C(O)CN2C[C@@H]3C[C@](O)(Cc4ccccc4)C[C@@H]3C2)cn1. The lowest BCUT2D eigenvalue weighted by Crippen LogP contribution is -2.33. The summed E-state index contributed by atoms with van der Waals surface area (Å²) in [5.41, 5.74) is 1.05. The van der Waals surface area contributed by atoms with E-state index in [1.807, 2.05) is 18.2 Å². The van der Waals surface area contributed by atoms with Gasteiger partial charge in [0.25, 0.3) is 0 Å². The fourth-order valence-corrected chi connectivity index (χ4v) is 4.67. The molecule has 1 saturated heterocycles. The molecule has 0 amide bonds. The number of nitrogens with zero attached hydrogens (tertiary/aromatic N) is 3. The molecule has 1 aliphatic carbocycles. The summed E-state index contributed by atoms with van der Waals surface area (Å²) in [7, 11) is 0. The number of likely N-dealkylation sites (tertiary alicyclic amines) is 1. The molecule has 2 aromatic rings. The summed E-state index contributed by atoms with van der Waals surface area (Å²) in [4.78, 5) is 10.1. The van der Waals surface area contributed by atoms with Crippen molar-refractivity contribution in [2.45, 2.75) is 31.0 Å². The van der Waals surface area contributed by atoms with Crippen molar-refractivity contribution in [2.75, 3.05) is 19.6 Å². The highest BCUT2D eigenvalue weighted by Crippen LogP contribution is 2.45. The Morgan fingerprint density at radius 1 is 1.08 bits per heavy atom. The maximum atomic E-state index is 11.0. The number of fused-ring (bicyclic) bond motifs is 1. The number of aromatic nitrogens is 2. The molecule has 0 spiro atoms. The lowest BCUT2D eigenvalue weighted by atomic mass is 9.91. The topological polar surface area (TPSA) is 89.7 Å². The normalized spacial score (nSPS) is 29.6. The van der Waals surface area contributed by atoms with Crippen LogP contribution in [0.2, 0.25) is 0 Å². The van der Waals surface area contributed by atoms with Gasteiger partial charge in [-0.05, 0) is 30.2 Å². The molecule has 1 unspecified atom stereocenters. The summed E-state index contributed by atoms with van der Waals surface area (Å²) < 4.78 is 0. The minimum absolute atomic E-state index is 0.144. The summed E-state index contributed by atoms with van der Waals surface area (Å²) in [6.45, 7) is 2.29. The van der Waals surface area contributed by atoms with Gasteiger partial charge >= 0.3 is 0 Å². The molecule has 138 valence electrons. The van der Waals surface area contributed by atoms with Crippen molar-refractivity contribution in [3.05, 3.63) is 54.0 Å². The van der Waals surface area contributed by atoms with Gasteiger partial charge in [-0.1, -0.05) is 30.3 Å². The number of rotatable bonds is 5. The van der Waals surface area contributed by atoms with E-state index in [4.69, 9.17) is 0 Å². The molecular formula is C20H25N3O3. The summed E-state index contributed by atoms with van der Waals surface area (Å²) in [5.74, 6) is 0.804. The number of benzene rings is 1. The van der Waals surface area contributed by atoms with Crippen molar-refractivity contribution in [1.29, 1.82) is 0 Å². The molecule has 2 aliphatic rings. The van der Waals surface area contributed by atoms with Crippen LogP contribution in [0.5, 0.6) is 5.88 Å². The second kappa shape index (κ2) is 6.95. The molecular weight excluding hydrogens is 330 g/mol. The molecule has 6 nitrogen and oxygen atoms in total. The molecule has 1 aromatic carbocycles. The molecule has 2 fully saturated rings. The molecule has 0 radical (unpaired) electrons. The fraction of sp³-hybridized carbons (Fsp3) is 0.500. The number of aromatic hydroxyl groups is 1. The maximum Gasteiger partial charge on any atom is 0.229 e. The van der Waals surface area contributed by atoms with E-state index >= 15 is 0 Å². The molecule has 3 N–H and O–H groups in total. The molecule has 4 atom stereocenters. The number of β-amino-alcohol motifs (C(OH)–C–C–N with tert-alkyl or cyclic N) is 1. The van der Waals surface area contributed by atoms with E-state index in [2.05, 4.69) is 27.0 Å². The van der Waals surface area contributed by atoms with Gasteiger partial charge in [0.1, 0.15) is 6.10 Å². The van der Waals surface area contributed by atoms with Crippen molar-refractivity contribution in [3.8, 4) is 5.88 Å². The fourth-order valence-electron chi connectivity index (χ4n) is 4.67. The first-order valence-electron chi connectivity index (χ1n) is 9.18. The standard InChI is InChI=1S/C20H25N3O3/c24-18(17-9-22-19(25)10-21-17)13-23-11-15-7-20(26,8-16(15)12-23)6-14-4-2-1-3-5-14/h1-5,9-10,15-16,18,24,26H,6-8,11-13H2,(H,22,25)/t15-,16+,18?,20+. The van der Waals surface area contributed by atoms with Gasteiger partial charge < -0.3 is 15.3 Å². The zero-order chi connectivity index (χ0) is 18.1. The van der Waals surface area contributed by atoms with Crippen molar-refractivity contribution < 1.29 is 15.3 Å². The van der Waals surface area contributed by atoms with Crippen molar-refractivity contribution in [1.82, 2.24) is 14.9 Å². The van der Waals surface area contributed by atoms with E-state index in [0.717, 1.165) is 25.9 Å². The highest BCUT2D eigenvalue weighted by molar-refractivity contribution is 5.18. The van der Waals surface area contributed by atoms with Crippen LogP contribution in [0, 0.1) is 11.8 Å². The number of aliphatic hydroxyl groups excluding tert-OH is 1. The minimum atomic E-state index is -0.717. The third-order valence-electron chi connectivity index (χ3n) is 5.74. The lowest BCUT2D eigenvalue weighted by molar-refractivity contribution is 0.0327. The van der Waals surface area contributed by atoms with Gasteiger partial charge in [0.2, 0.25) is 5.88 Å². The highest BCUT2D eigenvalue weighted by Gasteiger charge is 2.48. The van der Waals surface area contributed by atoms with Gasteiger partial charge in [-0.25, -0.2) is 4.98 Å². The van der Waals surface area contributed by atoms with E-state index in [1.54, 1.807) is 0 Å². The van der Waals surface area contributed by atoms with Crippen LogP contribution in [0.15, 0.2) is 42.7 Å². The smallest absolute Gasteiger partial charge is 0.229 e. The van der Waals surface area contributed by atoms with Crippen LogP contribution in [-0.2, 0) is 6.42 Å². The van der Waals surface area contributed by atoms with E-state index < -0.39 is 11.7 Å². The largest absolute Gasteiger partial charge is 0.492 e. The Hall–Kier alpha value is -2.02. The Kier molecular flexibility index (Phi) is 4.65. The minimum Gasteiger partial charge on any atom is -0.492 e. The number of hydrogen-bond acceptors (Lipinski definition) is 6. The Bertz CT molecular complexity index is 724. The monoisotopic (exact) mass is 355 g/mol. The van der Waals surface area contributed by atoms with Gasteiger partial charge in [-0.2, -0.15) is 0 Å². The molecule has 4 rings (SSSR count). The van der Waals surface area contributed by atoms with Crippen LogP contribution in [0.25, 0.3) is 0 Å². The summed E-state index contributed by atoms with van der Waals surface area (Å²) in [5, 5.41) is 30.6. The van der Waals surface area contributed by atoms with E-state index in [-0.39, 0.29) is 5.88 Å². The Morgan fingerprint density at radius 2 is 1.77 bits per heavy atom. The summed E-state index contributed by atoms with van der Waals surface area (Å²) in [6.07, 6.45) is 4.30. The van der Waals surface area contributed by atoms with Gasteiger partial charge in [-0.3, -0.25) is 9.88 Å². The van der Waals surface area contributed by atoms with E-state index in [9.17, 15) is 15.3 Å².